The standard InChI is InChI=1S/C7H5BrO.C6H5Br/c8-7-4-2-1-3-6(7)5-9;7-6-4-2-1-3-5-6/h1-5H;1-5H. The highest BCUT2D eigenvalue weighted by atomic mass is 79.9. The van der Waals surface area contributed by atoms with Crippen LogP contribution >= 0.6 is 31.9 Å². The van der Waals surface area contributed by atoms with Crippen molar-refractivity contribution in [3.8, 4) is 0 Å². The lowest BCUT2D eigenvalue weighted by atomic mass is 10.2. The predicted octanol–water partition coefficient (Wildman–Crippen LogP) is 4.71. The molecule has 0 spiro atoms. The topological polar surface area (TPSA) is 17.1 Å². The first-order chi connectivity index (χ1) is 7.74. The van der Waals surface area contributed by atoms with E-state index in [2.05, 4.69) is 31.9 Å². The van der Waals surface area contributed by atoms with Crippen LogP contribution in [-0.4, -0.2) is 6.29 Å². The molecule has 0 atom stereocenters. The van der Waals surface area contributed by atoms with Gasteiger partial charge in [-0.05, 0) is 18.2 Å². The van der Waals surface area contributed by atoms with Gasteiger partial charge < -0.3 is 0 Å². The fourth-order valence-corrected chi connectivity index (χ4v) is 1.67. The minimum atomic E-state index is 0.692. The Morgan fingerprint density at radius 2 is 1.38 bits per heavy atom. The minimum Gasteiger partial charge on any atom is -0.298 e. The van der Waals surface area contributed by atoms with Gasteiger partial charge in [0.15, 0.2) is 6.29 Å². The van der Waals surface area contributed by atoms with E-state index >= 15 is 0 Å². The maximum atomic E-state index is 10.2. The summed E-state index contributed by atoms with van der Waals surface area (Å²) in [6, 6.07) is 17.3. The second kappa shape index (κ2) is 7.36. The van der Waals surface area contributed by atoms with E-state index in [4.69, 9.17) is 0 Å². The van der Waals surface area contributed by atoms with E-state index in [-0.39, 0.29) is 0 Å². The second-order valence-corrected chi connectivity index (χ2v) is 4.70. The molecular formula is C13H10Br2O. The SMILES string of the molecule is Brc1ccccc1.O=Cc1ccccc1Br. The molecule has 2 aromatic carbocycles. The Labute approximate surface area is 112 Å². The van der Waals surface area contributed by atoms with Crippen molar-refractivity contribution in [1.29, 1.82) is 0 Å². The largest absolute Gasteiger partial charge is 0.298 e. The molecule has 0 aromatic heterocycles. The van der Waals surface area contributed by atoms with Gasteiger partial charge in [0.1, 0.15) is 0 Å². The summed E-state index contributed by atoms with van der Waals surface area (Å²) < 4.78 is 1.98. The van der Waals surface area contributed by atoms with E-state index in [9.17, 15) is 4.79 Å². The third-order valence-corrected chi connectivity index (χ3v) is 3.02. The van der Waals surface area contributed by atoms with Crippen molar-refractivity contribution in [2.75, 3.05) is 0 Å². The Hall–Kier alpha value is -0.930. The molecule has 0 aliphatic rings. The maximum Gasteiger partial charge on any atom is 0.151 e. The van der Waals surface area contributed by atoms with Crippen LogP contribution in [0.25, 0.3) is 0 Å². The van der Waals surface area contributed by atoms with Crippen molar-refractivity contribution in [2.45, 2.75) is 0 Å². The van der Waals surface area contributed by atoms with Crippen LogP contribution in [-0.2, 0) is 0 Å². The average Bonchev–Trinajstić information content (AvgIpc) is 2.31. The summed E-state index contributed by atoms with van der Waals surface area (Å²) in [7, 11) is 0. The van der Waals surface area contributed by atoms with E-state index in [0.717, 1.165) is 15.2 Å². The molecular weight excluding hydrogens is 332 g/mol. The van der Waals surface area contributed by atoms with E-state index in [1.54, 1.807) is 6.07 Å². The molecule has 0 aliphatic heterocycles. The van der Waals surface area contributed by atoms with Crippen LogP contribution in [0.5, 0.6) is 0 Å². The number of rotatable bonds is 1. The van der Waals surface area contributed by atoms with Gasteiger partial charge in [-0.3, -0.25) is 4.79 Å². The predicted molar refractivity (Wildman–Crippen MR) is 73.7 cm³/mol. The summed E-state index contributed by atoms with van der Waals surface area (Å²) in [5.74, 6) is 0. The summed E-state index contributed by atoms with van der Waals surface area (Å²) in [4.78, 5) is 10.2. The number of hydrogen-bond acceptors (Lipinski definition) is 1. The number of hydrogen-bond donors (Lipinski definition) is 0. The van der Waals surface area contributed by atoms with Crippen LogP contribution < -0.4 is 0 Å². The van der Waals surface area contributed by atoms with E-state index in [0.29, 0.717) is 5.56 Å². The molecule has 1 nitrogen and oxygen atoms in total. The summed E-state index contributed by atoms with van der Waals surface area (Å²) >= 11 is 6.54. The molecule has 0 saturated carbocycles. The summed E-state index contributed by atoms with van der Waals surface area (Å²) in [6.07, 6.45) is 0.823. The van der Waals surface area contributed by atoms with Crippen LogP contribution in [0.2, 0.25) is 0 Å². The van der Waals surface area contributed by atoms with E-state index in [1.807, 2.05) is 48.5 Å². The first-order valence-corrected chi connectivity index (χ1v) is 6.23. The first-order valence-electron chi connectivity index (χ1n) is 4.64. The molecule has 0 unspecified atom stereocenters. The molecule has 0 bridgehead atoms. The summed E-state index contributed by atoms with van der Waals surface area (Å²) in [6.45, 7) is 0. The minimum absolute atomic E-state index is 0.692. The van der Waals surface area contributed by atoms with Gasteiger partial charge >= 0.3 is 0 Å². The van der Waals surface area contributed by atoms with E-state index in [1.165, 1.54) is 0 Å². The molecule has 2 aromatic rings. The highest BCUT2D eigenvalue weighted by molar-refractivity contribution is 9.10. The van der Waals surface area contributed by atoms with Gasteiger partial charge in [0.05, 0.1) is 0 Å². The highest BCUT2D eigenvalue weighted by Crippen LogP contribution is 2.12. The van der Waals surface area contributed by atoms with Gasteiger partial charge in [-0.1, -0.05) is 68.3 Å². The molecule has 0 aliphatic carbocycles. The van der Waals surface area contributed by atoms with Crippen molar-refractivity contribution in [3.63, 3.8) is 0 Å². The number of carbonyl (C=O) groups excluding carboxylic acids is 1. The van der Waals surface area contributed by atoms with Gasteiger partial charge in [-0.15, -0.1) is 0 Å². The molecule has 0 saturated heterocycles. The molecule has 0 fully saturated rings. The molecule has 0 radical (unpaired) electrons. The van der Waals surface area contributed by atoms with Gasteiger partial charge in [0.25, 0.3) is 0 Å². The average molecular weight is 342 g/mol. The lowest BCUT2D eigenvalue weighted by Gasteiger charge is -1.90. The van der Waals surface area contributed by atoms with Crippen LogP contribution in [0.3, 0.4) is 0 Å². The lowest BCUT2D eigenvalue weighted by molar-refractivity contribution is 0.112. The van der Waals surface area contributed by atoms with Crippen molar-refractivity contribution in [2.24, 2.45) is 0 Å². The van der Waals surface area contributed by atoms with Crippen molar-refractivity contribution in [3.05, 3.63) is 69.1 Å². The van der Waals surface area contributed by atoms with Gasteiger partial charge in [-0.25, -0.2) is 0 Å². The quantitative estimate of drug-likeness (QED) is 0.686. The molecule has 0 amide bonds. The highest BCUT2D eigenvalue weighted by Gasteiger charge is 1.92. The lowest BCUT2D eigenvalue weighted by Crippen LogP contribution is -1.78. The zero-order chi connectivity index (χ0) is 11.8. The number of halogens is 2. The van der Waals surface area contributed by atoms with Crippen molar-refractivity contribution < 1.29 is 4.79 Å². The van der Waals surface area contributed by atoms with Crippen LogP contribution in [0.1, 0.15) is 10.4 Å². The Morgan fingerprint density at radius 3 is 1.75 bits per heavy atom. The Morgan fingerprint density at radius 1 is 0.812 bits per heavy atom. The van der Waals surface area contributed by atoms with E-state index < -0.39 is 0 Å². The van der Waals surface area contributed by atoms with Crippen LogP contribution in [0, 0.1) is 0 Å². The van der Waals surface area contributed by atoms with Crippen LogP contribution in [0.4, 0.5) is 0 Å². The van der Waals surface area contributed by atoms with Gasteiger partial charge in [0, 0.05) is 14.5 Å². The van der Waals surface area contributed by atoms with Crippen molar-refractivity contribution in [1.82, 2.24) is 0 Å². The zero-order valence-electron chi connectivity index (χ0n) is 8.44. The summed E-state index contributed by atoms with van der Waals surface area (Å²) in [5.41, 5.74) is 0.692. The molecule has 0 N–H and O–H groups in total. The Balaban J connectivity index is 0.000000165. The number of benzene rings is 2. The molecule has 2 rings (SSSR count). The second-order valence-electron chi connectivity index (χ2n) is 2.93. The monoisotopic (exact) mass is 340 g/mol. The van der Waals surface area contributed by atoms with Gasteiger partial charge in [0.2, 0.25) is 0 Å². The number of aldehydes is 1. The maximum absolute atomic E-state index is 10.2. The molecule has 3 heteroatoms. The smallest absolute Gasteiger partial charge is 0.151 e. The molecule has 82 valence electrons. The normalized spacial score (nSPS) is 8.88. The third kappa shape index (κ3) is 4.73. The number of carbonyl (C=O) groups is 1. The van der Waals surface area contributed by atoms with Crippen LogP contribution in [0.15, 0.2) is 63.5 Å². The van der Waals surface area contributed by atoms with Crippen molar-refractivity contribution >= 4 is 38.1 Å². The summed E-state index contributed by atoms with van der Waals surface area (Å²) in [5, 5.41) is 0. The first kappa shape index (κ1) is 13.1. The zero-order valence-corrected chi connectivity index (χ0v) is 11.6. The fraction of sp³-hybridized carbons (Fsp3) is 0. The molecule has 0 heterocycles. The Kier molecular flexibility index (Phi) is 6.04. The fourth-order valence-electron chi connectivity index (χ4n) is 0.985. The Bertz CT molecular complexity index is 441. The van der Waals surface area contributed by atoms with Gasteiger partial charge in [-0.2, -0.15) is 0 Å². The molecule has 16 heavy (non-hydrogen) atoms. The third-order valence-electron chi connectivity index (χ3n) is 1.77.